The van der Waals surface area contributed by atoms with Crippen LogP contribution in [0.15, 0.2) is 42.1 Å². The second-order valence-corrected chi connectivity index (χ2v) is 7.00. The van der Waals surface area contributed by atoms with Crippen molar-refractivity contribution < 1.29 is 4.79 Å². The van der Waals surface area contributed by atoms with Gasteiger partial charge in [0.05, 0.1) is 0 Å². The summed E-state index contributed by atoms with van der Waals surface area (Å²) in [5.41, 5.74) is 1.55. The third-order valence-corrected chi connectivity index (χ3v) is 5.18. The fourth-order valence-corrected chi connectivity index (χ4v) is 3.74. The Balaban J connectivity index is 1.57. The Hall–Kier alpha value is -2.47. The van der Waals surface area contributed by atoms with Crippen LogP contribution < -0.4 is 4.90 Å². The number of halogens is 1. The van der Waals surface area contributed by atoms with Crippen molar-refractivity contribution >= 4 is 34.2 Å². The summed E-state index contributed by atoms with van der Waals surface area (Å²) in [5, 5.41) is 9.52. The summed E-state index contributed by atoms with van der Waals surface area (Å²) in [6.45, 7) is 4.07. The number of hydrogen-bond donors (Lipinski definition) is 0. The van der Waals surface area contributed by atoms with E-state index in [0.717, 1.165) is 35.1 Å². The predicted molar refractivity (Wildman–Crippen MR) is 102 cm³/mol. The zero-order valence-electron chi connectivity index (χ0n) is 14.6. The van der Waals surface area contributed by atoms with E-state index in [-0.39, 0.29) is 11.9 Å². The average molecular weight is 370 g/mol. The third kappa shape index (κ3) is 3.05. The van der Waals surface area contributed by atoms with Gasteiger partial charge in [0.2, 0.25) is 0 Å². The van der Waals surface area contributed by atoms with Crippen LogP contribution in [0.4, 0.5) is 5.82 Å². The number of piperazine rings is 1. The van der Waals surface area contributed by atoms with Gasteiger partial charge in [0.25, 0.3) is 5.91 Å². The number of pyridine rings is 1. The lowest BCUT2D eigenvalue weighted by Crippen LogP contribution is -2.54. The number of nitrogens with zero attached hydrogens (tertiary/aromatic N) is 5. The van der Waals surface area contributed by atoms with Crippen molar-refractivity contribution in [3.63, 3.8) is 0 Å². The maximum Gasteiger partial charge on any atom is 0.253 e. The standard InChI is InChI=1S/C19H20ClN5O/c1-13-12-24(19(26)14-6-3-2-4-7-14)10-11-25(13)18-16-15(8-5-9-21-16)17(20)22-23-18/h3,5-9,13H,2,4,10-12H2,1H3. The summed E-state index contributed by atoms with van der Waals surface area (Å²) in [4.78, 5) is 21.3. The van der Waals surface area contributed by atoms with Gasteiger partial charge in [0.15, 0.2) is 11.0 Å². The largest absolute Gasteiger partial charge is 0.347 e. The fourth-order valence-electron chi connectivity index (χ4n) is 3.55. The Morgan fingerprint density at radius 1 is 1.27 bits per heavy atom. The summed E-state index contributed by atoms with van der Waals surface area (Å²) in [6.07, 6.45) is 9.71. The zero-order valence-corrected chi connectivity index (χ0v) is 15.4. The monoisotopic (exact) mass is 369 g/mol. The van der Waals surface area contributed by atoms with E-state index < -0.39 is 0 Å². The summed E-state index contributed by atoms with van der Waals surface area (Å²) in [7, 11) is 0. The molecule has 0 saturated carbocycles. The lowest BCUT2D eigenvalue weighted by Gasteiger charge is -2.40. The number of carbonyl (C=O) groups is 1. The lowest BCUT2D eigenvalue weighted by molar-refractivity contribution is -0.127. The molecule has 0 spiro atoms. The molecule has 1 aliphatic carbocycles. The molecule has 1 saturated heterocycles. The van der Waals surface area contributed by atoms with E-state index in [9.17, 15) is 4.79 Å². The molecular weight excluding hydrogens is 350 g/mol. The normalized spacial score (nSPS) is 20.4. The Bertz CT molecular complexity index is 910. The molecule has 1 aliphatic heterocycles. The smallest absolute Gasteiger partial charge is 0.253 e. The molecule has 6 nitrogen and oxygen atoms in total. The molecule has 0 radical (unpaired) electrons. The molecule has 2 aliphatic rings. The average Bonchev–Trinajstić information content (AvgIpc) is 2.69. The summed E-state index contributed by atoms with van der Waals surface area (Å²) < 4.78 is 0. The van der Waals surface area contributed by atoms with Crippen LogP contribution in [0.1, 0.15) is 19.8 Å². The second-order valence-electron chi connectivity index (χ2n) is 6.65. The predicted octanol–water partition coefficient (Wildman–Crippen LogP) is 2.99. The van der Waals surface area contributed by atoms with Crippen molar-refractivity contribution in [2.24, 2.45) is 0 Å². The summed E-state index contributed by atoms with van der Waals surface area (Å²) in [6, 6.07) is 3.85. The molecule has 1 amide bonds. The number of allylic oxidation sites excluding steroid dienone is 2. The van der Waals surface area contributed by atoms with Crippen LogP contribution in [-0.2, 0) is 4.79 Å². The van der Waals surface area contributed by atoms with Gasteiger partial charge in [-0.2, -0.15) is 0 Å². The first-order valence-electron chi connectivity index (χ1n) is 8.84. The molecule has 2 aromatic rings. The van der Waals surface area contributed by atoms with Gasteiger partial charge in [-0.25, -0.2) is 0 Å². The number of rotatable bonds is 2. The van der Waals surface area contributed by atoms with Gasteiger partial charge in [-0.15, -0.1) is 10.2 Å². The molecule has 134 valence electrons. The van der Waals surface area contributed by atoms with E-state index in [2.05, 4.69) is 33.1 Å². The molecule has 3 heterocycles. The van der Waals surface area contributed by atoms with E-state index in [4.69, 9.17) is 11.6 Å². The second kappa shape index (κ2) is 7.03. The zero-order chi connectivity index (χ0) is 18.1. The van der Waals surface area contributed by atoms with Crippen LogP contribution in [0.2, 0.25) is 5.15 Å². The minimum Gasteiger partial charge on any atom is -0.347 e. The minimum absolute atomic E-state index is 0.109. The van der Waals surface area contributed by atoms with Crippen molar-refractivity contribution in [3.05, 3.63) is 47.3 Å². The van der Waals surface area contributed by atoms with Gasteiger partial charge in [-0.3, -0.25) is 9.78 Å². The lowest BCUT2D eigenvalue weighted by atomic mass is 10.0. The van der Waals surface area contributed by atoms with Crippen LogP contribution in [0, 0.1) is 0 Å². The first-order chi connectivity index (χ1) is 12.6. The highest BCUT2D eigenvalue weighted by molar-refractivity contribution is 6.34. The highest BCUT2D eigenvalue weighted by Gasteiger charge is 2.30. The van der Waals surface area contributed by atoms with Gasteiger partial charge >= 0.3 is 0 Å². The molecule has 1 atom stereocenters. The third-order valence-electron chi connectivity index (χ3n) is 4.90. The molecule has 4 rings (SSSR count). The van der Waals surface area contributed by atoms with Crippen LogP contribution in [0.3, 0.4) is 0 Å². The molecule has 1 unspecified atom stereocenters. The molecule has 2 aromatic heterocycles. The number of hydrogen-bond acceptors (Lipinski definition) is 5. The van der Waals surface area contributed by atoms with E-state index in [1.54, 1.807) is 6.20 Å². The maximum absolute atomic E-state index is 12.7. The van der Waals surface area contributed by atoms with Gasteiger partial charge in [0, 0.05) is 42.8 Å². The number of anilines is 1. The van der Waals surface area contributed by atoms with Gasteiger partial charge in [-0.1, -0.05) is 29.8 Å². The van der Waals surface area contributed by atoms with E-state index in [0.29, 0.717) is 24.8 Å². The van der Waals surface area contributed by atoms with Crippen LogP contribution in [0.25, 0.3) is 10.9 Å². The highest BCUT2D eigenvalue weighted by atomic mass is 35.5. The van der Waals surface area contributed by atoms with Gasteiger partial charge < -0.3 is 9.80 Å². The molecule has 0 aromatic carbocycles. The van der Waals surface area contributed by atoms with Crippen molar-refractivity contribution in [3.8, 4) is 0 Å². The van der Waals surface area contributed by atoms with Crippen molar-refractivity contribution in [1.29, 1.82) is 0 Å². The highest BCUT2D eigenvalue weighted by Crippen LogP contribution is 2.29. The molecule has 26 heavy (non-hydrogen) atoms. The Morgan fingerprint density at radius 3 is 2.92 bits per heavy atom. The summed E-state index contributed by atoms with van der Waals surface area (Å²) in [5.74, 6) is 0.832. The van der Waals surface area contributed by atoms with Crippen molar-refractivity contribution in [2.45, 2.75) is 25.8 Å². The number of aromatic nitrogens is 3. The van der Waals surface area contributed by atoms with Crippen LogP contribution in [-0.4, -0.2) is 51.7 Å². The van der Waals surface area contributed by atoms with E-state index >= 15 is 0 Å². The topological polar surface area (TPSA) is 62.2 Å². The number of carbonyl (C=O) groups excluding carboxylic acids is 1. The van der Waals surface area contributed by atoms with Crippen molar-refractivity contribution in [2.75, 3.05) is 24.5 Å². The number of fused-ring (bicyclic) bond motifs is 1. The molecular formula is C19H20ClN5O. The molecule has 7 heteroatoms. The van der Waals surface area contributed by atoms with E-state index in [1.165, 1.54) is 0 Å². The van der Waals surface area contributed by atoms with Crippen LogP contribution >= 0.6 is 11.6 Å². The fraction of sp³-hybridized carbons (Fsp3) is 0.368. The first-order valence-corrected chi connectivity index (χ1v) is 9.22. The molecule has 1 fully saturated rings. The van der Waals surface area contributed by atoms with Gasteiger partial charge in [-0.05, 0) is 31.9 Å². The molecule has 0 bridgehead atoms. The van der Waals surface area contributed by atoms with E-state index in [1.807, 2.05) is 29.2 Å². The van der Waals surface area contributed by atoms with Crippen LogP contribution in [0.5, 0.6) is 0 Å². The minimum atomic E-state index is 0.109. The quantitative estimate of drug-likeness (QED) is 0.814. The van der Waals surface area contributed by atoms with Gasteiger partial charge in [0.1, 0.15) is 5.52 Å². The Morgan fingerprint density at radius 2 is 2.15 bits per heavy atom. The summed E-state index contributed by atoms with van der Waals surface area (Å²) >= 11 is 6.16. The Kier molecular flexibility index (Phi) is 4.59. The number of amides is 1. The molecule has 0 N–H and O–H groups in total. The maximum atomic E-state index is 12.7. The first kappa shape index (κ1) is 17.0. The SMILES string of the molecule is CC1CN(C(=O)C2=CCCC=C2)CCN1c1nnc(Cl)c2cccnc12. The Labute approximate surface area is 157 Å². The van der Waals surface area contributed by atoms with Crippen molar-refractivity contribution in [1.82, 2.24) is 20.1 Å².